The zero-order valence-corrected chi connectivity index (χ0v) is 17.1. The monoisotopic (exact) mass is 406 g/mol. The first-order valence-electron chi connectivity index (χ1n) is 9.58. The van der Waals surface area contributed by atoms with Crippen molar-refractivity contribution in [1.82, 2.24) is 14.8 Å². The molecule has 0 amide bonds. The molecule has 0 saturated carbocycles. The fourth-order valence-corrected chi connectivity index (χ4v) is 4.23. The summed E-state index contributed by atoms with van der Waals surface area (Å²) in [5.41, 5.74) is 2.82. The Bertz CT molecular complexity index is 987. The largest absolute Gasteiger partial charge is 0.497 e. The van der Waals surface area contributed by atoms with Crippen LogP contribution >= 0.6 is 11.8 Å². The van der Waals surface area contributed by atoms with Gasteiger partial charge in [0.15, 0.2) is 11.0 Å². The molecule has 0 unspecified atom stereocenters. The molecule has 1 aromatic heterocycles. The zero-order chi connectivity index (χ0) is 20.1. The van der Waals surface area contributed by atoms with Crippen LogP contribution in [0.2, 0.25) is 0 Å². The van der Waals surface area contributed by atoms with Crippen molar-refractivity contribution in [3.05, 3.63) is 59.7 Å². The second kappa shape index (κ2) is 9.12. The van der Waals surface area contributed by atoms with E-state index in [2.05, 4.69) is 20.8 Å². The summed E-state index contributed by atoms with van der Waals surface area (Å²) < 4.78 is 13.3. The first-order chi connectivity index (χ1) is 14.3. The standard InChI is InChI=1S/C22H22N4O2S/c1-27-19-10-8-18(9-11-19)21-24-25-22(26(21)14-20-3-2-12-28-20)29-15-17-6-4-16(13-23)5-7-17/h4-11,20H,2-3,12,14-15H2,1H3/t20-/m0/s1. The average Bonchev–Trinajstić information content (AvgIpc) is 3.43. The van der Waals surface area contributed by atoms with Gasteiger partial charge >= 0.3 is 0 Å². The minimum absolute atomic E-state index is 0.192. The molecule has 1 fully saturated rings. The Morgan fingerprint density at radius 1 is 1.17 bits per heavy atom. The van der Waals surface area contributed by atoms with Crippen molar-refractivity contribution < 1.29 is 9.47 Å². The van der Waals surface area contributed by atoms with E-state index < -0.39 is 0 Å². The van der Waals surface area contributed by atoms with Crippen LogP contribution in [0.3, 0.4) is 0 Å². The summed E-state index contributed by atoms with van der Waals surface area (Å²) in [6.07, 6.45) is 2.34. The molecule has 2 aromatic carbocycles. The normalized spacial score (nSPS) is 15.9. The van der Waals surface area contributed by atoms with Crippen molar-refractivity contribution in [2.24, 2.45) is 0 Å². The van der Waals surface area contributed by atoms with Crippen molar-refractivity contribution in [1.29, 1.82) is 5.26 Å². The van der Waals surface area contributed by atoms with Gasteiger partial charge < -0.3 is 9.47 Å². The maximum atomic E-state index is 8.96. The van der Waals surface area contributed by atoms with E-state index in [4.69, 9.17) is 14.7 Å². The third-order valence-corrected chi connectivity index (χ3v) is 5.96. The highest BCUT2D eigenvalue weighted by Crippen LogP contribution is 2.29. The molecular formula is C22H22N4O2S. The number of benzene rings is 2. The third kappa shape index (κ3) is 4.61. The van der Waals surface area contributed by atoms with Gasteiger partial charge in [-0.25, -0.2) is 0 Å². The number of hydrogen-bond donors (Lipinski definition) is 0. The molecule has 0 N–H and O–H groups in total. The van der Waals surface area contributed by atoms with Crippen LogP contribution in [-0.4, -0.2) is 34.6 Å². The molecule has 6 nitrogen and oxygen atoms in total. The van der Waals surface area contributed by atoms with Crippen LogP contribution in [0.4, 0.5) is 0 Å². The highest BCUT2D eigenvalue weighted by Gasteiger charge is 2.22. The van der Waals surface area contributed by atoms with E-state index in [1.165, 1.54) is 0 Å². The van der Waals surface area contributed by atoms with Crippen molar-refractivity contribution in [3.63, 3.8) is 0 Å². The van der Waals surface area contributed by atoms with E-state index in [0.717, 1.165) is 59.6 Å². The number of ether oxygens (including phenoxy) is 2. The first kappa shape index (κ1) is 19.5. The molecule has 1 aliphatic heterocycles. The molecule has 2 heterocycles. The van der Waals surface area contributed by atoms with Gasteiger partial charge in [-0.15, -0.1) is 10.2 Å². The second-order valence-electron chi connectivity index (χ2n) is 6.88. The summed E-state index contributed by atoms with van der Waals surface area (Å²) in [7, 11) is 1.66. The lowest BCUT2D eigenvalue weighted by atomic mass is 10.2. The minimum Gasteiger partial charge on any atom is -0.497 e. The van der Waals surface area contributed by atoms with Crippen LogP contribution < -0.4 is 4.74 Å². The molecule has 29 heavy (non-hydrogen) atoms. The van der Waals surface area contributed by atoms with Crippen LogP contribution in [0, 0.1) is 11.3 Å². The molecule has 0 spiro atoms. The Hall–Kier alpha value is -2.82. The van der Waals surface area contributed by atoms with E-state index in [0.29, 0.717) is 5.56 Å². The van der Waals surface area contributed by atoms with Gasteiger partial charge in [-0.2, -0.15) is 5.26 Å². The molecule has 4 rings (SSSR count). The quantitative estimate of drug-likeness (QED) is 0.545. The van der Waals surface area contributed by atoms with Crippen LogP contribution in [-0.2, 0) is 17.0 Å². The predicted octanol–water partition coefficient (Wildman–Crippen LogP) is 4.30. The highest BCUT2D eigenvalue weighted by atomic mass is 32.2. The zero-order valence-electron chi connectivity index (χ0n) is 16.2. The number of nitriles is 1. The smallest absolute Gasteiger partial charge is 0.191 e. The topological polar surface area (TPSA) is 73.0 Å². The van der Waals surface area contributed by atoms with Crippen molar-refractivity contribution in [3.8, 4) is 23.2 Å². The first-order valence-corrected chi connectivity index (χ1v) is 10.6. The number of aromatic nitrogens is 3. The Morgan fingerprint density at radius 2 is 1.97 bits per heavy atom. The third-order valence-electron chi connectivity index (χ3n) is 4.93. The predicted molar refractivity (Wildman–Crippen MR) is 112 cm³/mol. The van der Waals surface area contributed by atoms with Crippen molar-refractivity contribution in [2.45, 2.75) is 36.4 Å². The molecule has 1 atom stereocenters. The number of nitrogens with zero attached hydrogens (tertiary/aromatic N) is 4. The SMILES string of the molecule is COc1ccc(-c2nnc(SCc3ccc(C#N)cc3)n2C[C@@H]2CCCO2)cc1. The van der Waals surface area contributed by atoms with Crippen molar-refractivity contribution in [2.75, 3.05) is 13.7 Å². The molecule has 0 radical (unpaired) electrons. The van der Waals surface area contributed by atoms with Crippen LogP contribution in [0.25, 0.3) is 11.4 Å². The van der Waals surface area contributed by atoms with Gasteiger partial charge in [-0.05, 0) is 54.8 Å². The number of thioether (sulfide) groups is 1. The Morgan fingerprint density at radius 3 is 2.62 bits per heavy atom. The van der Waals surface area contributed by atoms with E-state index in [1.807, 2.05) is 48.5 Å². The van der Waals surface area contributed by atoms with Gasteiger partial charge in [0.2, 0.25) is 0 Å². The van der Waals surface area contributed by atoms with Gasteiger partial charge in [0, 0.05) is 17.9 Å². The lowest BCUT2D eigenvalue weighted by Crippen LogP contribution is -2.16. The summed E-state index contributed by atoms with van der Waals surface area (Å²) in [6, 6.07) is 17.7. The molecule has 0 aliphatic carbocycles. The van der Waals surface area contributed by atoms with E-state index in [1.54, 1.807) is 18.9 Å². The summed E-state index contributed by atoms with van der Waals surface area (Å²) in [6.45, 7) is 1.56. The number of methoxy groups -OCH3 is 1. The van der Waals surface area contributed by atoms with Gasteiger partial charge in [0.25, 0.3) is 0 Å². The fourth-order valence-electron chi connectivity index (χ4n) is 3.33. The lowest BCUT2D eigenvalue weighted by Gasteiger charge is -2.15. The lowest BCUT2D eigenvalue weighted by molar-refractivity contribution is 0.0953. The Labute approximate surface area is 174 Å². The number of hydrogen-bond acceptors (Lipinski definition) is 6. The molecule has 148 valence electrons. The van der Waals surface area contributed by atoms with E-state index >= 15 is 0 Å². The summed E-state index contributed by atoms with van der Waals surface area (Å²) >= 11 is 1.65. The van der Waals surface area contributed by atoms with Gasteiger partial charge in [-0.1, -0.05) is 23.9 Å². The van der Waals surface area contributed by atoms with E-state index in [-0.39, 0.29) is 6.10 Å². The minimum atomic E-state index is 0.192. The molecule has 1 saturated heterocycles. The van der Waals surface area contributed by atoms with Crippen molar-refractivity contribution >= 4 is 11.8 Å². The molecule has 7 heteroatoms. The summed E-state index contributed by atoms with van der Waals surface area (Å²) in [4.78, 5) is 0. The van der Waals surface area contributed by atoms with Gasteiger partial charge in [0.05, 0.1) is 31.4 Å². The average molecular weight is 407 g/mol. The van der Waals surface area contributed by atoms with Crippen LogP contribution in [0.15, 0.2) is 53.7 Å². The van der Waals surface area contributed by atoms with Gasteiger partial charge in [0.1, 0.15) is 5.75 Å². The van der Waals surface area contributed by atoms with Crippen LogP contribution in [0.1, 0.15) is 24.0 Å². The van der Waals surface area contributed by atoms with Crippen LogP contribution in [0.5, 0.6) is 5.75 Å². The second-order valence-corrected chi connectivity index (χ2v) is 7.82. The fraction of sp³-hybridized carbons (Fsp3) is 0.318. The maximum absolute atomic E-state index is 8.96. The molecule has 0 bridgehead atoms. The Balaban J connectivity index is 1.57. The maximum Gasteiger partial charge on any atom is 0.191 e. The molecular weight excluding hydrogens is 384 g/mol. The number of rotatable bonds is 7. The highest BCUT2D eigenvalue weighted by molar-refractivity contribution is 7.98. The Kier molecular flexibility index (Phi) is 6.13. The van der Waals surface area contributed by atoms with E-state index in [9.17, 15) is 0 Å². The molecule has 1 aliphatic rings. The summed E-state index contributed by atoms with van der Waals surface area (Å²) in [5, 5.41) is 18.8. The molecule has 3 aromatic rings. The summed E-state index contributed by atoms with van der Waals surface area (Å²) in [5.74, 6) is 2.41. The van der Waals surface area contributed by atoms with Gasteiger partial charge in [-0.3, -0.25) is 4.57 Å².